The second kappa shape index (κ2) is 9.66. The molecule has 3 rings (SSSR count). The highest BCUT2D eigenvalue weighted by Gasteiger charge is 2.30. The van der Waals surface area contributed by atoms with Crippen LogP contribution in [-0.2, 0) is 11.3 Å². The Labute approximate surface area is 174 Å². The van der Waals surface area contributed by atoms with Crippen molar-refractivity contribution >= 4 is 30.0 Å². The van der Waals surface area contributed by atoms with Gasteiger partial charge in [-0.2, -0.15) is 0 Å². The van der Waals surface area contributed by atoms with Gasteiger partial charge in [0.1, 0.15) is 11.5 Å². The van der Waals surface area contributed by atoms with Crippen molar-refractivity contribution in [2.45, 2.75) is 32.0 Å². The minimum absolute atomic E-state index is 0. The second-order valence-corrected chi connectivity index (χ2v) is 6.90. The summed E-state index contributed by atoms with van der Waals surface area (Å²) in [4.78, 5) is 25.5. The monoisotopic (exact) mass is 425 g/mol. The standard InChI is InChI=1S/C18H24FN7O2.ClH/c1-11-4-5-12(19)6-15(11)22-18(28)25(3)9-13-10-26(24-23-13)14-7-16(21-8-14)17(27)20-2;/h4-6,10,14,16,21H,7-9H2,1-3H3,(H,20,27)(H,22,28);1H/t14-,16-;/m0./s1. The number of likely N-dealkylation sites (N-methyl/N-ethyl adjacent to an activating group) is 1. The van der Waals surface area contributed by atoms with E-state index in [-0.39, 0.29) is 43.0 Å². The summed E-state index contributed by atoms with van der Waals surface area (Å²) >= 11 is 0. The van der Waals surface area contributed by atoms with Crippen molar-refractivity contribution < 1.29 is 14.0 Å². The molecule has 0 radical (unpaired) electrons. The molecule has 1 aromatic carbocycles. The molecule has 1 aliphatic heterocycles. The molecule has 0 aliphatic carbocycles. The first-order valence-corrected chi connectivity index (χ1v) is 9.01. The van der Waals surface area contributed by atoms with Gasteiger partial charge in [0.2, 0.25) is 5.91 Å². The van der Waals surface area contributed by atoms with Gasteiger partial charge in [-0.25, -0.2) is 13.9 Å². The fourth-order valence-corrected chi connectivity index (χ4v) is 3.11. The highest BCUT2D eigenvalue weighted by Crippen LogP contribution is 2.20. The number of nitrogens with one attached hydrogen (secondary N) is 3. The van der Waals surface area contributed by atoms with Gasteiger partial charge in [-0.05, 0) is 31.0 Å². The Morgan fingerprint density at radius 2 is 2.17 bits per heavy atom. The van der Waals surface area contributed by atoms with Crippen molar-refractivity contribution in [1.82, 2.24) is 30.5 Å². The Hall–Kier alpha value is -2.72. The zero-order valence-corrected chi connectivity index (χ0v) is 17.3. The predicted molar refractivity (Wildman–Crippen MR) is 108 cm³/mol. The van der Waals surface area contributed by atoms with Crippen molar-refractivity contribution in [1.29, 1.82) is 0 Å². The summed E-state index contributed by atoms with van der Waals surface area (Å²) in [5, 5.41) is 16.7. The molecule has 0 bridgehead atoms. The summed E-state index contributed by atoms with van der Waals surface area (Å²) in [6.07, 6.45) is 2.40. The molecular weight excluding hydrogens is 401 g/mol. The van der Waals surface area contributed by atoms with E-state index in [1.165, 1.54) is 17.0 Å². The van der Waals surface area contributed by atoms with E-state index in [2.05, 4.69) is 26.3 Å². The predicted octanol–water partition coefficient (Wildman–Crippen LogP) is 1.46. The van der Waals surface area contributed by atoms with Gasteiger partial charge in [-0.1, -0.05) is 11.3 Å². The minimum atomic E-state index is -0.410. The Morgan fingerprint density at radius 3 is 2.90 bits per heavy atom. The van der Waals surface area contributed by atoms with Crippen LogP contribution in [0, 0.1) is 12.7 Å². The number of benzene rings is 1. The van der Waals surface area contributed by atoms with E-state index in [4.69, 9.17) is 0 Å². The Kier molecular flexibility index (Phi) is 7.52. The van der Waals surface area contributed by atoms with Gasteiger partial charge in [0.25, 0.3) is 0 Å². The van der Waals surface area contributed by atoms with E-state index in [1.54, 1.807) is 38.0 Å². The Balaban J connectivity index is 0.00000300. The number of nitrogens with zero attached hydrogens (tertiary/aromatic N) is 4. The van der Waals surface area contributed by atoms with Crippen LogP contribution in [0.5, 0.6) is 0 Å². The van der Waals surface area contributed by atoms with Crippen LogP contribution >= 0.6 is 12.4 Å². The molecule has 11 heteroatoms. The molecule has 29 heavy (non-hydrogen) atoms. The van der Waals surface area contributed by atoms with E-state index in [0.717, 1.165) is 5.56 Å². The second-order valence-electron chi connectivity index (χ2n) is 6.90. The SMILES string of the molecule is CNC(=O)[C@@H]1C[C@H](n2cc(CN(C)C(=O)Nc3cc(F)ccc3C)nn2)CN1.Cl. The molecule has 2 aromatic rings. The summed E-state index contributed by atoms with van der Waals surface area (Å²) in [6, 6.07) is 3.65. The van der Waals surface area contributed by atoms with Gasteiger partial charge >= 0.3 is 6.03 Å². The molecule has 1 saturated heterocycles. The van der Waals surface area contributed by atoms with Crippen LogP contribution in [0.4, 0.5) is 14.9 Å². The third-order valence-electron chi connectivity index (χ3n) is 4.79. The van der Waals surface area contributed by atoms with Gasteiger partial charge in [-0.3, -0.25) is 4.79 Å². The van der Waals surface area contributed by atoms with Gasteiger partial charge in [0, 0.05) is 26.3 Å². The number of aromatic nitrogens is 3. The molecule has 0 spiro atoms. The van der Waals surface area contributed by atoms with Crippen LogP contribution in [0.25, 0.3) is 0 Å². The van der Waals surface area contributed by atoms with Crippen LogP contribution in [0.2, 0.25) is 0 Å². The molecule has 1 aromatic heterocycles. The lowest BCUT2D eigenvalue weighted by molar-refractivity contribution is -0.122. The normalized spacial score (nSPS) is 18.1. The molecule has 2 heterocycles. The maximum Gasteiger partial charge on any atom is 0.321 e. The molecule has 158 valence electrons. The van der Waals surface area contributed by atoms with E-state index >= 15 is 0 Å². The summed E-state index contributed by atoms with van der Waals surface area (Å²) < 4.78 is 15.1. The number of carbonyl (C=O) groups is 2. The quantitative estimate of drug-likeness (QED) is 0.672. The van der Waals surface area contributed by atoms with Gasteiger partial charge in [0.05, 0.1) is 24.8 Å². The van der Waals surface area contributed by atoms with E-state index in [0.29, 0.717) is 24.3 Å². The lowest BCUT2D eigenvalue weighted by Crippen LogP contribution is -2.38. The fraction of sp³-hybridized carbons (Fsp3) is 0.444. The van der Waals surface area contributed by atoms with E-state index < -0.39 is 5.82 Å². The van der Waals surface area contributed by atoms with Crippen molar-refractivity contribution in [3.63, 3.8) is 0 Å². The van der Waals surface area contributed by atoms with Crippen molar-refractivity contribution in [2.24, 2.45) is 0 Å². The maximum absolute atomic E-state index is 13.4. The number of anilines is 1. The number of urea groups is 1. The van der Waals surface area contributed by atoms with Crippen molar-refractivity contribution in [3.05, 3.63) is 41.5 Å². The molecule has 2 atom stereocenters. The van der Waals surface area contributed by atoms with Crippen molar-refractivity contribution in [3.8, 4) is 0 Å². The third-order valence-corrected chi connectivity index (χ3v) is 4.79. The van der Waals surface area contributed by atoms with Crippen LogP contribution < -0.4 is 16.0 Å². The van der Waals surface area contributed by atoms with Crippen LogP contribution in [0.3, 0.4) is 0 Å². The summed E-state index contributed by atoms with van der Waals surface area (Å²) in [6.45, 7) is 2.66. The number of hydrogen-bond acceptors (Lipinski definition) is 5. The summed E-state index contributed by atoms with van der Waals surface area (Å²) in [5.74, 6) is -0.460. The van der Waals surface area contributed by atoms with Crippen LogP contribution in [0.15, 0.2) is 24.4 Å². The number of hydrogen-bond donors (Lipinski definition) is 3. The molecule has 0 saturated carbocycles. The van der Waals surface area contributed by atoms with Crippen LogP contribution in [0.1, 0.15) is 23.7 Å². The third kappa shape index (κ3) is 5.42. The zero-order chi connectivity index (χ0) is 20.3. The molecule has 3 N–H and O–H groups in total. The fourth-order valence-electron chi connectivity index (χ4n) is 3.11. The largest absolute Gasteiger partial charge is 0.358 e. The molecule has 3 amide bonds. The van der Waals surface area contributed by atoms with E-state index in [9.17, 15) is 14.0 Å². The molecule has 1 aliphatic rings. The maximum atomic E-state index is 13.4. The number of rotatable bonds is 5. The first-order valence-electron chi connectivity index (χ1n) is 9.01. The van der Waals surface area contributed by atoms with Crippen molar-refractivity contribution in [2.75, 3.05) is 26.0 Å². The average molecular weight is 426 g/mol. The zero-order valence-electron chi connectivity index (χ0n) is 16.5. The van der Waals surface area contributed by atoms with Crippen LogP contribution in [-0.4, -0.2) is 58.5 Å². The minimum Gasteiger partial charge on any atom is -0.358 e. The molecular formula is C18H25ClFN7O2. The number of amides is 3. The number of halogens is 2. The Bertz CT molecular complexity index is 876. The first kappa shape index (κ1) is 22.6. The first-order chi connectivity index (χ1) is 13.4. The molecule has 9 nitrogen and oxygen atoms in total. The lowest BCUT2D eigenvalue weighted by Gasteiger charge is -2.17. The average Bonchev–Trinajstić information content (AvgIpc) is 3.33. The molecule has 0 unspecified atom stereocenters. The topological polar surface area (TPSA) is 104 Å². The lowest BCUT2D eigenvalue weighted by atomic mass is 10.1. The summed E-state index contributed by atoms with van der Waals surface area (Å²) in [7, 11) is 3.23. The highest BCUT2D eigenvalue weighted by molar-refractivity contribution is 5.89. The van der Waals surface area contributed by atoms with Gasteiger partial charge in [-0.15, -0.1) is 17.5 Å². The van der Waals surface area contributed by atoms with Gasteiger partial charge in [0.15, 0.2) is 0 Å². The summed E-state index contributed by atoms with van der Waals surface area (Å²) in [5.41, 5.74) is 1.82. The van der Waals surface area contributed by atoms with E-state index in [1.807, 2.05) is 0 Å². The Morgan fingerprint density at radius 1 is 1.41 bits per heavy atom. The number of aryl methyl sites for hydroxylation is 1. The molecule has 1 fully saturated rings. The number of carbonyl (C=O) groups excluding carboxylic acids is 2. The highest BCUT2D eigenvalue weighted by atomic mass is 35.5. The smallest absolute Gasteiger partial charge is 0.321 e. The van der Waals surface area contributed by atoms with Gasteiger partial charge < -0.3 is 20.9 Å².